The van der Waals surface area contributed by atoms with Crippen molar-refractivity contribution in [2.24, 2.45) is 0 Å². The lowest BCUT2D eigenvalue weighted by Crippen LogP contribution is -2.11. The fraction of sp³-hybridized carbons (Fsp3) is 0. The van der Waals surface area contributed by atoms with E-state index in [4.69, 9.17) is 15.9 Å². The van der Waals surface area contributed by atoms with Crippen molar-refractivity contribution in [1.82, 2.24) is 9.97 Å². The summed E-state index contributed by atoms with van der Waals surface area (Å²) in [6.45, 7) is 0. The minimum Gasteiger partial charge on any atom is -0.464 e. The second-order valence-corrected chi connectivity index (χ2v) is 8.72. The Bertz CT molecular complexity index is 1550. The quantitative estimate of drug-likeness (QED) is 0.327. The topological polar surface area (TPSA) is 144 Å². The number of furan rings is 1. The predicted octanol–water partition coefficient (Wildman–Crippen LogP) is 5.11. The smallest absolute Gasteiger partial charge is 0.269 e. The molecule has 33 heavy (non-hydrogen) atoms. The maximum atomic E-state index is 13.2. The number of halogens is 1. The van der Waals surface area contributed by atoms with Crippen molar-refractivity contribution in [2.45, 2.75) is 0 Å². The Hall–Kier alpha value is -4.27. The average Bonchev–Trinajstić information content (AvgIpc) is 3.54. The highest BCUT2D eigenvalue weighted by Crippen LogP contribution is 2.43. The zero-order valence-corrected chi connectivity index (χ0v) is 18.3. The summed E-state index contributed by atoms with van der Waals surface area (Å²) < 4.78 is 18.6. The van der Waals surface area contributed by atoms with Gasteiger partial charge in [0.1, 0.15) is 38.7 Å². The third-order valence-electron chi connectivity index (χ3n) is 4.85. The number of amides is 1. The maximum Gasteiger partial charge on any atom is 0.269 e. The van der Waals surface area contributed by atoms with E-state index in [0.29, 0.717) is 32.4 Å². The van der Waals surface area contributed by atoms with Gasteiger partial charge < -0.3 is 15.9 Å². The van der Waals surface area contributed by atoms with Crippen LogP contribution in [-0.4, -0.2) is 15.9 Å². The molecule has 4 aromatic heterocycles. The molecule has 162 valence electrons. The minimum absolute atomic E-state index is 0.0217. The summed E-state index contributed by atoms with van der Waals surface area (Å²) in [5, 5.41) is 14.9. The number of carbonyl (C=O) groups excluding carboxylic acids is 1. The molecule has 0 unspecified atom stereocenters. The van der Waals surface area contributed by atoms with Crippen LogP contribution in [-0.2, 0) is 0 Å². The SMILES string of the molecule is N#Cc1c(N)nc2sc(C(=O)Nc3nc(-c4ccc(F)cc4)cs3)c(N)c2c1-c1ccco1. The Labute approximate surface area is 193 Å². The molecule has 1 amide bonds. The van der Waals surface area contributed by atoms with Crippen LogP contribution in [0.5, 0.6) is 0 Å². The number of aromatic nitrogens is 2. The number of pyridine rings is 1. The second-order valence-electron chi connectivity index (χ2n) is 6.86. The zero-order valence-electron chi connectivity index (χ0n) is 16.6. The summed E-state index contributed by atoms with van der Waals surface area (Å²) in [6, 6.07) is 11.3. The Morgan fingerprint density at radius 2 is 1.97 bits per heavy atom. The zero-order chi connectivity index (χ0) is 23.1. The molecule has 11 heteroatoms. The lowest BCUT2D eigenvalue weighted by atomic mass is 10.0. The number of anilines is 3. The number of thiazole rings is 1. The van der Waals surface area contributed by atoms with Gasteiger partial charge in [0.15, 0.2) is 5.13 Å². The van der Waals surface area contributed by atoms with E-state index in [1.807, 2.05) is 6.07 Å². The van der Waals surface area contributed by atoms with E-state index < -0.39 is 5.91 Å². The molecule has 0 radical (unpaired) electrons. The van der Waals surface area contributed by atoms with E-state index >= 15 is 0 Å². The van der Waals surface area contributed by atoms with Crippen LogP contribution in [0, 0.1) is 17.1 Å². The van der Waals surface area contributed by atoms with Gasteiger partial charge in [-0.15, -0.1) is 22.7 Å². The lowest BCUT2D eigenvalue weighted by Gasteiger charge is -2.06. The second kappa shape index (κ2) is 8.01. The average molecular weight is 477 g/mol. The molecule has 5 N–H and O–H groups in total. The molecule has 1 aromatic carbocycles. The Balaban J connectivity index is 1.53. The van der Waals surface area contributed by atoms with Crippen LogP contribution in [0.3, 0.4) is 0 Å². The van der Waals surface area contributed by atoms with Crippen LogP contribution >= 0.6 is 22.7 Å². The van der Waals surface area contributed by atoms with Crippen molar-refractivity contribution >= 4 is 55.4 Å². The molecule has 4 heterocycles. The van der Waals surface area contributed by atoms with Crippen LogP contribution in [0.25, 0.3) is 32.8 Å². The Kier molecular flexibility index (Phi) is 5.01. The van der Waals surface area contributed by atoms with Gasteiger partial charge in [-0.25, -0.2) is 14.4 Å². The molecule has 0 saturated carbocycles. The van der Waals surface area contributed by atoms with Crippen molar-refractivity contribution in [3.8, 4) is 28.7 Å². The molecule has 5 aromatic rings. The summed E-state index contributed by atoms with van der Waals surface area (Å²) in [5.74, 6) is -0.400. The largest absolute Gasteiger partial charge is 0.464 e. The molecule has 0 atom stereocenters. The van der Waals surface area contributed by atoms with Crippen molar-refractivity contribution in [2.75, 3.05) is 16.8 Å². The first kappa shape index (κ1) is 20.6. The van der Waals surface area contributed by atoms with Gasteiger partial charge >= 0.3 is 0 Å². The van der Waals surface area contributed by atoms with Gasteiger partial charge in [-0.05, 0) is 36.4 Å². The highest BCUT2D eigenvalue weighted by atomic mass is 32.1. The molecule has 0 spiro atoms. The summed E-state index contributed by atoms with van der Waals surface area (Å²) in [5.41, 5.74) is 14.3. The summed E-state index contributed by atoms with van der Waals surface area (Å²) in [6.07, 6.45) is 1.47. The van der Waals surface area contributed by atoms with E-state index in [0.717, 1.165) is 16.9 Å². The minimum atomic E-state index is -0.474. The predicted molar refractivity (Wildman–Crippen MR) is 126 cm³/mol. The normalized spacial score (nSPS) is 10.9. The van der Waals surface area contributed by atoms with Crippen LogP contribution < -0.4 is 16.8 Å². The van der Waals surface area contributed by atoms with Crippen LogP contribution in [0.1, 0.15) is 15.2 Å². The van der Waals surface area contributed by atoms with E-state index in [9.17, 15) is 14.4 Å². The molecule has 5 rings (SSSR count). The summed E-state index contributed by atoms with van der Waals surface area (Å²) >= 11 is 2.28. The number of carbonyl (C=O) groups is 1. The van der Waals surface area contributed by atoms with Gasteiger partial charge in [0.25, 0.3) is 5.91 Å². The number of thiophene rings is 1. The first-order valence-corrected chi connectivity index (χ1v) is 11.1. The molecule has 0 aliphatic heterocycles. The number of hydrogen-bond acceptors (Lipinski definition) is 9. The number of nitrogens with one attached hydrogen (secondary N) is 1. The molecule has 8 nitrogen and oxygen atoms in total. The number of nitrogens with zero attached hydrogens (tertiary/aromatic N) is 3. The number of fused-ring (bicyclic) bond motifs is 1. The van der Waals surface area contributed by atoms with E-state index in [1.165, 1.54) is 29.7 Å². The Morgan fingerprint density at radius 3 is 2.67 bits per heavy atom. The number of rotatable bonds is 4. The fourth-order valence-corrected chi connectivity index (χ4v) is 5.08. The molecule has 0 fully saturated rings. The van der Waals surface area contributed by atoms with E-state index in [-0.39, 0.29) is 27.8 Å². The Morgan fingerprint density at radius 1 is 1.18 bits per heavy atom. The standard InChI is InChI=1S/C22H13FN6O2S2/c23-11-5-3-10(4-6-11)13-9-32-22(27-13)29-20(30)18-17(25)16-15(14-2-1-7-31-14)12(8-24)19(26)28-21(16)33-18/h1-7,9H,25H2,(H2,26,28)(H,27,29,30). The fourth-order valence-electron chi connectivity index (χ4n) is 3.36. The maximum absolute atomic E-state index is 13.2. The number of benzene rings is 1. The van der Waals surface area contributed by atoms with Crippen LogP contribution in [0.2, 0.25) is 0 Å². The van der Waals surface area contributed by atoms with Gasteiger partial charge in [-0.1, -0.05) is 0 Å². The van der Waals surface area contributed by atoms with Crippen molar-refractivity contribution in [3.63, 3.8) is 0 Å². The molecule has 0 bridgehead atoms. The molecular weight excluding hydrogens is 463 g/mol. The van der Waals surface area contributed by atoms with Gasteiger partial charge in [-0.2, -0.15) is 5.26 Å². The first-order valence-electron chi connectivity index (χ1n) is 9.44. The highest BCUT2D eigenvalue weighted by molar-refractivity contribution is 7.21. The van der Waals surface area contributed by atoms with E-state index in [2.05, 4.69) is 15.3 Å². The van der Waals surface area contributed by atoms with Gasteiger partial charge in [0, 0.05) is 16.3 Å². The third-order valence-corrected chi connectivity index (χ3v) is 6.71. The highest BCUT2D eigenvalue weighted by Gasteiger charge is 2.25. The number of nitriles is 1. The molecule has 0 saturated heterocycles. The van der Waals surface area contributed by atoms with E-state index in [1.54, 1.807) is 29.6 Å². The van der Waals surface area contributed by atoms with Crippen molar-refractivity contribution in [3.05, 3.63) is 64.3 Å². The summed E-state index contributed by atoms with van der Waals surface area (Å²) in [4.78, 5) is 22.3. The molecular formula is C22H13FN6O2S2. The molecule has 0 aliphatic rings. The number of nitrogen functional groups attached to an aromatic ring is 2. The van der Waals surface area contributed by atoms with Crippen molar-refractivity contribution < 1.29 is 13.6 Å². The van der Waals surface area contributed by atoms with Gasteiger partial charge in [0.05, 0.1) is 23.2 Å². The van der Waals surface area contributed by atoms with Crippen molar-refractivity contribution in [1.29, 1.82) is 5.26 Å². The van der Waals surface area contributed by atoms with Crippen LogP contribution in [0.4, 0.5) is 21.0 Å². The lowest BCUT2D eigenvalue weighted by molar-refractivity contribution is 0.103. The summed E-state index contributed by atoms with van der Waals surface area (Å²) in [7, 11) is 0. The van der Waals surface area contributed by atoms with Gasteiger partial charge in [-0.3, -0.25) is 10.1 Å². The third kappa shape index (κ3) is 3.57. The molecule has 0 aliphatic carbocycles. The number of nitrogens with two attached hydrogens (primary N) is 2. The monoisotopic (exact) mass is 476 g/mol. The first-order chi connectivity index (χ1) is 16.0. The van der Waals surface area contributed by atoms with Gasteiger partial charge in [0.2, 0.25) is 0 Å². The van der Waals surface area contributed by atoms with Crippen LogP contribution in [0.15, 0.2) is 52.5 Å². The number of hydrogen-bond donors (Lipinski definition) is 3.